The Balaban J connectivity index is 1.78. The van der Waals surface area contributed by atoms with Crippen LogP contribution >= 0.6 is 0 Å². The maximum atomic E-state index is 16.2. The Hall–Kier alpha value is -3.48. The van der Waals surface area contributed by atoms with Gasteiger partial charge in [-0.1, -0.05) is 26.0 Å². The molecule has 0 spiro atoms. The van der Waals surface area contributed by atoms with Crippen LogP contribution in [0.1, 0.15) is 32.3 Å². The number of anilines is 1. The molecule has 0 bridgehead atoms. The first-order valence-corrected chi connectivity index (χ1v) is 11.6. The predicted molar refractivity (Wildman–Crippen MR) is 131 cm³/mol. The molecule has 4 aromatic rings. The molecule has 3 aromatic carbocycles. The van der Waals surface area contributed by atoms with E-state index in [1.807, 2.05) is 13.0 Å². The van der Waals surface area contributed by atoms with E-state index in [9.17, 15) is 9.50 Å². The second-order valence-corrected chi connectivity index (χ2v) is 9.02. The average molecular weight is 464 g/mol. The van der Waals surface area contributed by atoms with Crippen LogP contribution in [0.2, 0.25) is 0 Å². The highest BCUT2D eigenvalue weighted by Gasteiger charge is 2.24. The van der Waals surface area contributed by atoms with Crippen molar-refractivity contribution in [2.45, 2.75) is 33.1 Å². The Morgan fingerprint density at radius 2 is 1.94 bits per heavy atom. The molecule has 176 valence electrons. The van der Waals surface area contributed by atoms with Crippen LogP contribution in [0.3, 0.4) is 0 Å². The topological polar surface area (TPSA) is 58.5 Å². The average Bonchev–Trinajstić information content (AvgIpc) is 2.83. The number of phenols is 1. The molecule has 1 saturated heterocycles. The second-order valence-electron chi connectivity index (χ2n) is 9.02. The molecule has 1 aliphatic rings. The van der Waals surface area contributed by atoms with E-state index in [1.165, 1.54) is 19.2 Å². The SMILES string of the molecule is CCc1c(F)ccc2cc(O)cc(-c3ccc4c(N5CCCC(C)C5)nc(OC)nc4c3F)c12. The van der Waals surface area contributed by atoms with Gasteiger partial charge in [0.25, 0.3) is 0 Å². The van der Waals surface area contributed by atoms with Crippen LogP contribution in [0.5, 0.6) is 11.8 Å². The highest BCUT2D eigenvalue weighted by atomic mass is 19.1. The van der Waals surface area contributed by atoms with Crippen LogP contribution in [0.25, 0.3) is 32.8 Å². The summed E-state index contributed by atoms with van der Waals surface area (Å²) in [6.07, 6.45) is 2.62. The number of rotatable bonds is 4. The molecular weight excluding hydrogens is 436 g/mol. The van der Waals surface area contributed by atoms with Crippen molar-refractivity contribution in [2.24, 2.45) is 5.92 Å². The van der Waals surface area contributed by atoms with Gasteiger partial charge in [0.05, 0.1) is 7.11 Å². The van der Waals surface area contributed by atoms with Gasteiger partial charge in [0.15, 0.2) is 5.82 Å². The Bertz CT molecular complexity index is 1410. The first kappa shape index (κ1) is 22.3. The van der Waals surface area contributed by atoms with E-state index < -0.39 is 5.82 Å². The van der Waals surface area contributed by atoms with E-state index in [-0.39, 0.29) is 28.7 Å². The minimum atomic E-state index is -0.553. The predicted octanol–water partition coefficient (Wildman–Crippen LogP) is 6.24. The fraction of sp³-hybridized carbons (Fsp3) is 0.333. The third-order valence-corrected chi connectivity index (χ3v) is 6.70. The van der Waals surface area contributed by atoms with Gasteiger partial charge in [0, 0.05) is 24.0 Å². The van der Waals surface area contributed by atoms with E-state index in [0.29, 0.717) is 45.4 Å². The summed E-state index contributed by atoms with van der Waals surface area (Å²) in [7, 11) is 1.46. The van der Waals surface area contributed by atoms with Crippen molar-refractivity contribution < 1.29 is 18.6 Å². The number of aromatic hydroxyl groups is 1. The zero-order valence-corrected chi connectivity index (χ0v) is 19.5. The Labute approximate surface area is 197 Å². The van der Waals surface area contributed by atoms with E-state index in [0.717, 1.165) is 25.9 Å². The van der Waals surface area contributed by atoms with Gasteiger partial charge in [0.1, 0.15) is 22.9 Å². The molecule has 1 unspecified atom stereocenters. The zero-order chi connectivity index (χ0) is 24.0. The smallest absolute Gasteiger partial charge is 0.318 e. The number of benzene rings is 3. The van der Waals surface area contributed by atoms with Gasteiger partial charge in [0.2, 0.25) is 0 Å². The summed E-state index contributed by atoms with van der Waals surface area (Å²) in [5, 5.41) is 12.2. The fourth-order valence-corrected chi connectivity index (χ4v) is 5.11. The minimum absolute atomic E-state index is 0.0149. The summed E-state index contributed by atoms with van der Waals surface area (Å²) in [5.74, 6) is 0.241. The number of aryl methyl sites for hydroxylation is 1. The van der Waals surface area contributed by atoms with Crippen LogP contribution < -0.4 is 9.64 Å². The number of methoxy groups -OCH3 is 1. The number of hydrogen-bond acceptors (Lipinski definition) is 5. The number of hydrogen-bond donors (Lipinski definition) is 1. The molecule has 1 atom stereocenters. The largest absolute Gasteiger partial charge is 0.508 e. The molecule has 1 fully saturated rings. The van der Waals surface area contributed by atoms with E-state index in [1.54, 1.807) is 18.2 Å². The van der Waals surface area contributed by atoms with Crippen LogP contribution in [-0.4, -0.2) is 35.3 Å². The Morgan fingerprint density at radius 3 is 2.68 bits per heavy atom. The van der Waals surface area contributed by atoms with Crippen molar-refractivity contribution in [1.29, 1.82) is 0 Å². The van der Waals surface area contributed by atoms with Gasteiger partial charge in [-0.15, -0.1) is 0 Å². The first-order chi connectivity index (χ1) is 16.4. The highest BCUT2D eigenvalue weighted by Crippen LogP contribution is 2.40. The molecule has 1 aliphatic heterocycles. The van der Waals surface area contributed by atoms with Gasteiger partial charge in [-0.05, 0) is 71.3 Å². The van der Waals surface area contributed by atoms with Crippen LogP contribution in [0, 0.1) is 17.6 Å². The molecule has 0 aliphatic carbocycles. The number of nitrogens with zero attached hydrogens (tertiary/aromatic N) is 3. The lowest BCUT2D eigenvalue weighted by atomic mass is 9.92. The van der Waals surface area contributed by atoms with Crippen molar-refractivity contribution >= 4 is 27.5 Å². The number of phenolic OH excluding ortho intramolecular Hbond substituents is 1. The highest BCUT2D eigenvalue weighted by molar-refractivity contribution is 6.03. The minimum Gasteiger partial charge on any atom is -0.508 e. The molecule has 5 nitrogen and oxygen atoms in total. The number of fused-ring (bicyclic) bond motifs is 2. The molecule has 1 N–H and O–H groups in total. The van der Waals surface area contributed by atoms with Gasteiger partial charge in [-0.2, -0.15) is 9.97 Å². The maximum absolute atomic E-state index is 16.2. The third-order valence-electron chi connectivity index (χ3n) is 6.70. The summed E-state index contributed by atoms with van der Waals surface area (Å²) in [6.45, 7) is 5.71. The van der Waals surface area contributed by atoms with Crippen molar-refractivity contribution in [1.82, 2.24) is 9.97 Å². The van der Waals surface area contributed by atoms with Crippen molar-refractivity contribution in [3.05, 3.63) is 53.6 Å². The molecule has 34 heavy (non-hydrogen) atoms. The first-order valence-electron chi connectivity index (χ1n) is 11.6. The lowest BCUT2D eigenvalue weighted by Gasteiger charge is -2.32. The molecule has 0 saturated carbocycles. The van der Waals surface area contributed by atoms with Gasteiger partial charge in [-0.3, -0.25) is 0 Å². The molecule has 5 rings (SSSR count). The van der Waals surface area contributed by atoms with Crippen molar-refractivity contribution in [3.63, 3.8) is 0 Å². The van der Waals surface area contributed by atoms with Crippen LogP contribution in [0.15, 0.2) is 36.4 Å². The van der Waals surface area contributed by atoms with E-state index >= 15 is 4.39 Å². The molecule has 2 heterocycles. The quantitative estimate of drug-likeness (QED) is 0.388. The van der Waals surface area contributed by atoms with Crippen molar-refractivity contribution in [2.75, 3.05) is 25.1 Å². The van der Waals surface area contributed by atoms with Crippen LogP contribution in [-0.2, 0) is 6.42 Å². The lowest BCUT2D eigenvalue weighted by molar-refractivity contribution is 0.379. The zero-order valence-electron chi connectivity index (χ0n) is 19.5. The Morgan fingerprint density at radius 1 is 1.12 bits per heavy atom. The normalized spacial score (nSPS) is 16.4. The van der Waals surface area contributed by atoms with Crippen LogP contribution in [0.4, 0.5) is 14.6 Å². The number of aromatic nitrogens is 2. The van der Waals surface area contributed by atoms with E-state index in [2.05, 4.69) is 21.8 Å². The standard InChI is InChI=1S/C27H27F2N3O2/c1-4-18-22(28)10-7-16-12-17(33)13-21(23(16)18)19-8-9-20-25(24(19)29)30-27(34-3)31-26(20)32-11-5-6-15(2)14-32/h7-10,12-13,15,33H,4-6,11,14H2,1-3H3. The monoisotopic (exact) mass is 463 g/mol. The number of ether oxygens (including phenoxy) is 1. The second kappa shape index (κ2) is 8.70. The molecule has 1 aromatic heterocycles. The summed E-state index contributed by atoms with van der Waals surface area (Å²) in [4.78, 5) is 11.1. The molecule has 0 amide bonds. The molecule has 7 heteroatoms. The summed E-state index contributed by atoms with van der Waals surface area (Å²) in [6, 6.07) is 9.61. The molecular formula is C27H27F2N3O2. The van der Waals surface area contributed by atoms with Gasteiger partial charge in [-0.25, -0.2) is 8.78 Å². The van der Waals surface area contributed by atoms with E-state index in [4.69, 9.17) is 4.74 Å². The van der Waals surface area contributed by atoms with Gasteiger partial charge < -0.3 is 14.7 Å². The van der Waals surface area contributed by atoms with Gasteiger partial charge >= 0.3 is 6.01 Å². The molecule has 0 radical (unpaired) electrons. The third kappa shape index (κ3) is 3.69. The summed E-state index contributed by atoms with van der Waals surface area (Å²) >= 11 is 0. The maximum Gasteiger partial charge on any atom is 0.318 e. The summed E-state index contributed by atoms with van der Waals surface area (Å²) in [5.41, 5.74) is 1.29. The summed E-state index contributed by atoms with van der Waals surface area (Å²) < 4.78 is 36.1. The lowest BCUT2D eigenvalue weighted by Crippen LogP contribution is -2.35. The van der Waals surface area contributed by atoms with Crippen molar-refractivity contribution in [3.8, 4) is 22.9 Å². The fourth-order valence-electron chi connectivity index (χ4n) is 5.11. The number of halogens is 2. The number of piperidine rings is 1. The Kier molecular flexibility index (Phi) is 5.71.